The maximum atomic E-state index is 10.9. The molecule has 0 aromatic heterocycles. The average Bonchev–Trinajstić information content (AvgIpc) is 2.46. The summed E-state index contributed by atoms with van der Waals surface area (Å²) < 4.78 is 24.4. The highest BCUT2D eigenvalue weighted by molar-refractivity contribution is 7.88. The minimum Gasteiger partial charge on any atom is -0.297 e. The Morgan fingerprint density at radius 3 is 2.64 bits per heavy atom. The maximum Gasteiger partial charge on any atom is 0.208 e. The summed E-state index contributed by atoms with van der Waals surface area (Å²) in [7, 11) is -3.04. The van der Waals surface area contributed by atoms with Gasteiger partial charge in [-0.1, -0.05) is 0 Å². The number of likely N-dealkylation sites (tertiary alicyclic amines) is 1. The van der Waals surface area contributed by atoms with Crippen LogP contribution in [0, 0.1) is 0 Å². The number of sulfonamides is 1. The zero-order chi connectivity index (χ0) is 10.8. The third-order valence-corrected chi connectivity index (χ3v) is 3.36. The molecular weight excluding hydrogens is 200 g/mol. The summed E-state index contributed by atoms with van der Waals surface area (Å²) in [6, 6.07) is 0.883. The van der Waals surface area contributed by atoms with Crippen LogP contribution in [0.4, 0.5) is 0 Å². The molecule has 1 fully saturated rings. The molecule has 0 aromatic carbocycles. The van der Waals surface area contributed by atoms with E-state index in [4.69, 9.17) is 0 Å². The van der Waals surface area contributed by atoms with Crippen molar-refractivity contribution < 1.29 is 8.42 Å². The van der Waals surface area contributed by atoms with Crippen LogP contribution in [0.5, 0.6) is 0 Å². The monoisotopic (exact) mass is 220 g/mol. The van der Waals surface area contributed by atoms with Crippen molar-refractivity contribution in [1.82, 2.24) is 9.62 Å². The van der Waals surface area contributed by atoms with Gasteiger partial charge in [0.15, 0.2) is 0 Å². The summed E-state index contributed by atoms with van der Waals surface area (Å²) in [4.78, 5) is 2.36. The molecule has 0 amide bonds. The van der Waals surface area contributed by atoms with Crippen LogP contribution in [-0.2, 0) is 10.0 Å². The molecule has 5 heteroatoms. The number of nitrogens with zero attached hydrogens (tertiary/aromatic N) is 1. The Hall–Kier alpha value is -0.130. The second-order valence-corrected chi connectivity index (χ2v) is 6.08. The van der Waals surface area contributed by atoms with E-state index in [1.165, 1.54) is 12.7 Å². The molecule has 4 nitrogen and oxygen atoms in total. The van der Waals surface area contributed by atoms with Crippen molar-refractivity contribution in [3.05, 3.63) is 0 Å². The summed E-state index contributed by atoms with van der Waals surface area (Å²) in [5, 5.41) is 0. The van der Waals surface area contributed by atoms with Crippen molar-refractivity contribution in [3.63, 3.8) is 0 Å². The Kier molecular flexibility index (Phi) is 3.92. The van der Waals surface area contributed by atoms with Crippen LogP contribution in [0.25, 0.3) is 0 Å². The van der Waals surface area contributed by atoms with Crippen molar-refractivity contribution in [2.45, 2.75) is 38.8 Å². The molecular formula is C9H20N2O2S. The molecule has 0 spiro atoms. The average molecular weight is 220 g/mol. The molecule has 1 aliphatic rings. The predicted molar refractivity (Wildman–Crippen MR) is 57.7 cm³/mol. The third kappa shape index (κ3) is 3.55. The lowest BCUT2D eigenvalue weighted by molar-refractivity contribution is 0.205. The lowest BCUT2D eigenvalue weighted by Gasteiger charge is -2.28. The predicted octanol–water partition coefficient (Wildman–Crippen LogP) is 0.408. The van der Waals surface area contributed by atoms with E-state index in [0.717, 1.165) is 13.0 Å². The quantitative estimate of drug-likeness (QED) is 0.746. The number of hydrogen-bond acceptors (Lipinski definition) is 3. The van der Waals surface area contributed by atoms with Gasteiger partial charge in [-0.2, -0.15) is 0 Å². The van der Waals surface area contributed by atoms with Crippen LogP contribution >= 0.6 is 0 Å². The van der Waals surface area contributed by atoms with E-state index >= 15 is 0 Å². The maximum absolute atomic E-state index is 10.9. The van der Waals surface area contributed by atoms with Crippen LogP contribution in [0.2, 0.25) is 0 Å². The minimum absolute atomic E-state index is 0.379. The van der Waals surface area contributed by atoms with Crippen molar-refractivity contribution >= 4 is 10.0 Å². The van der Waals surface area contributed by atoms with E-state index in [2.05, 4.69) is 23.5 Å². The molecule has 14 heavy (non-hydrogen) atoms. The van der Waals surface area contributed by atoms with Gasteiger partial charge in [0.25, 0.3) is 0 Å². The summed E-state index contributed by atoms with van der Waals surface area (Å²) in [6.07, 6.45) is 3.48. The van der Waals surface area contributed by atoms with Gasteiger partial charge in [0, 0.05) is 18.6 Å². The third-order valence-electron chi connectivity index (χ3n) is 2.67. The molecule has 1 atom stereocenters. The Labute approximate surface area is 86.7 Å². The van der Waals surface area contributed by atoms with Crippen molar-refractivity contribution in [2.75, 3.05) is 19.3 Å². The highest BCUT2D eigenvalue weighted by Crippen LogP contribution is 2.19. The number of rotatable bonds is 4. The van der Waals surface area contributed by atoms with Gasteiger partial charge < -0.3 is 0 Å². The van der Waals surface area contributed by atoms with Gasteiger partial charge >= 0.3 is 0 Å². The largest absolute Gasteiger partial charge is 0.297 e. The van der Waals surface area contributed by atoms with Crippen molar-refractivity contribution in [2.24, 2.45) is 0 Å². The summed E-state index contributed by atoms with van der Waals surface area (Å²) in [6.45, 7) is 5.95. The van der Waals surface area contributed by atoms with Gasteiger partial charge in [-0.3, -0.25) is 4.90 Å². The molecule has 0 aliphatic carbocycles. The zero-order valence-electron chi connectivity index (χ0n) is 9.16. The standard InChI is InChI=1S/C9H20N2O2S/c1-8(2)11-6-4-5-9(11)7-10-14(3,12)13/h8-10H,4-7H2,1-3H3/t9-/m1/s1. The van der Waals surface area contributed by atoms with Crippen LogP contribution in [0.3, 0.4) is 0 Å². The van der Waals surface area contributed by atoms with E-state index in [1.54, 1.807) is 0 Å². The molecule has 0 radical (unpaired) electrons. The Bertz CT molecular complexity index is 275. The Balaban J connectivity index is 2.44. The highest BCUT2D eigenvalue weighted by atomic mass is 32.2. The van der Waals surface area contributed by atoms with Crippen molar-refractivity contribution in [1.29, 1.82) is 0 Å². The summed E-state index contributed by atoms with van der Waals surface area (Å²) >= 11 is 0. The SMILES string of the molecule is CC(C)N1CCC[C@@H]1CNS(C)(=O)=O. The molecule has 0 aromatic rings. The van der Waals surface area contributed by atoms with Gasteiger partial charge in [-0.05, 0) is 33.2 Å². The topological polar surface area (TPSA) is 49.4 Å². The fourth-order valence-electron chi connectivity index (χ4n) is 2.00. The van der Waals surface area contributed by atoms with Crippen LogP contribution < -0.4 is 4.72 Å². The lowest BCUT2D eigenvalue weighted by Crippen LogP contribution is -2.42. The highest BCUT2D eigenvalue weighted by Gasteiger charge is 2.26. The van der Waals surface area contributed by atoms with Crippen LogP contribution in [0.1, 0.15) is 26.7 Å². The van der Waals surface area contributed by atoms with Crippen LogP contribution in [-0.4, -0.2) is 44.7 Å². The van der Waals surface area contributed by atoms with E-state index in [1.807, 2.05) is 0 Å². The first kappa shape index (κ1) is 11.9. The Morgan fingerprint density at radius 2 is 2.14 bits per heavy atom. The zero-order valence-corrected chi connectivity index (χ0v) is 9.97. The number of hydrogen-bond donors (Lipinski definition) is 1. The fraction of sp³-hybridized carbons (Fsp3) is 1.00. The molecule has 1 saturated heterocycles. The second-order valence-electron chi connectivity index (χ2n) is 4.25. The smallest absolute Gasteiger partial charge is 0.208 e. The molecule has 1 rings (SSSR count). The van der Waals surface area contributed by atoms with E-state index in [9.17, 15) is 8.42 Å². The van der Waals surface area contributed by atoms with Gasteiger partial charge in [-0.15, -0.1) is 0 Å². The molecule has 1 heterocycles. The second kappa shape index (κ2) is 4.59. The summed E-state index contributed by atoms with van der Waals surface area (Å²) in [5.74, 6) is 0. The number of nitrogens with one attached hydrogen (secondary N) is 1. The van der Waals surface area contributed by atoms with Gasteiger partial charge in [0.05, 0.1) is 6.26 Å². The molecule has 0 bridgehead atoms. The molecule has 1 aliphatic heterocycles. The molecule has 84 valence electrons. The van der Waals surface area contributed by atoms with Crippen molar-refractivity contribution in [3.8, 4) is 0 Å². The van der Waals surface area contributed by atoms with Gasteiger partial charge in [0.1, 0.15) is 0 Å². The van der Waals surface area contributed by atoms with Gasteiger partial charge in [-0.25, -0.2) is 13.1 Å². The first-order valence-electron chi connectivity index (χ1n) is 5.10. The first-order chi connectivity index (χ1) is 6.40. The van der Waals surface area contributed by atoms with Crippen LogP contribution in [0.15, 0.2) is 0 Å². The summed E-state index contributed by atoms with van der Waals surface area (Å²) in [5.41, 5.74) is 0. The van der Waals surface area contributed by atoms with E-state index in [0.29, 0.717) is 18.6 Å². The van der Waals surface area contributed by atoms with E-state index in [-0.39, 0.29) is 0 Å². The normalized spacial score (nSPS) is 24.7. The fourth-order valence-corrected chi connectivity index (χ4v) is 2.50. The lowest BCUT2D eigenvalue weighted by atomic mass is 10.2. The first-order valence-corrected chi connectivity index (χ1v) is 6.99. The molecule has 0 unspecified atom stereocenters. The van der Waals surface area contributed by atoms with E-state index < -0.39 is 10.0 Å². The molecule has 0 saturated carbocycles. The molecule has 1 N–H and O–H groups in total. The van der Waals surface area contributed by atoms with Gasteiger partial charge in [0.2, 0.25) is 10.0 Å². The minimum atomic E-state index is -3.04. The Morgan fingerprint density at radius 1 is 1.50 bits per heavy atom.